The van der Waals surface area contributed by atoms with Gasteiger partial charge in [-0.25, -0.2) is 4.98 Å². The monoisotopic (exact) mass is 396 g/mol. The molecular weight excluding hydrogens is 376 g/mol. The average molecular weight is 397 g/mol. The number of nitrogens with one attached hydrogen (secondary N) is 1. The van der Waals surface area contributed by atoms with E-state index in [-0.39, 0.29) is 5.91 Å². The number of carbonyl (C=O) groups is 1. The van der Waals surface area contributed by atoms with Crippen LogP contribution in [0.1, 0.15) is 11.1 Å². The molecule has 0 aliphatic carbocycles. The van der Waals surface area contributed by atoms with Crippen LogP contribution < -0.4 is 5.32 Å². The molecule has 0 atom stereocenters. The van der Waals surface area contributed by atoms with Crippen LogP contribution in [0.4, 0.5) is 5.13 Å². The molecule has 0 saturated heterocycles. The number of amides is 1. The standard InChI is InChI=1S/C25H20N2OS/c1-18-7-9-19(10-8-18)11-16-24(28)27-25-26-23(17-29-25)22-14-12-21(13-15-22)20-5-3-2-4-6-20/h2-17H,1H3,(H,26,27,28). The van der Waals surface area contributed by atoms with Gasteiger partial charge >= 0.3 is 0 Å². The highest BCUT2D eigenvalue weighted by Crippen LogP contribution is 2.27. The van der Waals surface area contributed by atoms with Crippen LogP contribution in [-0.2, 0) is 4.79 Å². The fraction of sp³-hybridized carbons (Fsp3) is 0.0400. The Balaban J connectivity index is 1.41. The minimum Gasteiger partial charge on any atom is -0.298 e. The van der Waals surface area contributed by atoms with Crippen molar-refractivity contribution < 1.29 is 4.79 Å². The van der Waals surface area contributed by atoms with Crippen molar-refractivity contribution in [1.29, 1.82) is 0 Å². The fourth-order valence-electron chi connectivity index (χ4n) is 2.92. The Labute approximate surface area is 174 Å². The van der Waals surface area contributed by atoms with Gasteiger partial charge in [-0.05, 0) is 29.7 Å². The third kappa shape index (κ3) is 4.86. The van der Waals surface area contributed by atoms with Gasteiger partial charge in [0.25, 0.3) is 0 Å². The molecule has 1 N–H and O–H groups in total. The fourth-order valence-corrected chi connectivity index (χ4v) is 3.65. The number of aryl methyl sites for hydroxylation is 1. The second-order valence-corrected chi connectivity index (χ2v) is 7.57. The lowest BCUT2D eigenvalue weighted by molar-refractivity contribution is -0.111. The predicted octanol–water partition coefficient (Wildman–Crippen LogP) is 6.44. The summed E-state index contributed by atoms with van der Waals surface area (Å²) in [4.78, 5) is 16.7. The van der Waals surface area contributed by atoms with E-state index in [2.05, 4.69) is 46.7 Å². The number of hydrogen-bond donors (Lipinski definition) is 1. The average Bonchev–Trinajstić information content (AvgIpc) is 3.22. The Morgan fingerprint density at radius 2 is 1.52 bits per heavy atom. The zero-order valence-corrected chi connectivity index (χ0v) is 16.8. The van der Waals surface area contributed by atoms with E-state index in [1.807, 2.05) is 54.8 Å². The van der Waals surface area contributed by atoms with E-state index >= 15 is 0 Å². The number of anilines is 1. The van der Waals surface area contributed by atoms with Crippen LogP contribution in [0, 0.1) is 6.92 Å². The van der Waals surface area contributed by atoms with Gasteiger partial charge in [-0.3, -0.25) is 10.1 Å². The Kier molecular flexibility index (Phi) is 5.63. The van der Waals surface area contributed by atoms with Crippen molar-refractivity contribution in [2.45, 2.75) is 6.92 Å². The molecule has 0 fully saturated rings. The first-order chi connectivity index (χ1) is 14.2. The quantitative estimate of drug-likeness (QED) is 0.395. The smallest absolute Gasteiger partial charge is 0.250 e. The van der Waals surface area contributed by atoms with E-state index in [9.17, 15) is 4.79 Å². The van der Waals surface area contributed by atoms with Gasteiger partial charge in [-0.2, -0.15) is 0 Å². The molecule has 0 saturated carbocycles. The molecule has 1 heterocycles. The summed E-state index contributed by atoms with van der Waals surface area (Å²) >= 11 is 1.42. The zero-order valence-electron chi connectivity index (χ0n) is 16.0. The number of carbonyl (C=O) groups excluding carboxylic acids is 1. The maximum atomic E-state index is 12.2. The predicted molar refractivity (Wildman–Crippen MR) is 122 cm³/mol. The lowest BCUT2D eigenvalue weighted by Gasteiger charge is -2.03. The van der Waals surface area contributed by atoms with E-state index in [1.165, 1.54) is 34.1 Å². The lowest BCUT2D eigenvalue weighted by Crippen LogP contribution is -2.07. The van der Waals surface area contributed by atoms with Gasteiger partial charge in [0.2, 0.25) is 5.91 Å². The summed E-state index contributed by atoms with van der Waals surface area (Å²) < 4.78 is 0. The normalized spacial score (nSPS) is 10.9. The number of nitrogens with zero attached hydrogens (tertiary/aromatic N) is 1. The number of hydrogen-bond acceptors (Lipinski definition) is 3. The summed E-state index contributed by atoms with van der Waals surface area (Å²) in [7, 11) is 0. The summed E-state index contributed by atoms with van der Waals surface area (Å²) in [6.45, 7) is 2.04. The highest BCUT2D eigenvalue weighted by molar-refractivity contribution is 7.14. The highest BCUT2D eigenvalue weighted by atomic mass is 32.1. The molecule has 0 aliphatic rings. The number of thiazole rings is 1. The SMILES string of the molecule is Cc1ccc(C=CC(=O)Nc2nc(-c3ccc(-c4ccccc4)cc3)cs2)cc1. The van der Waals surface area contributed by atoms with Gasteiger partial charge in [-0.1, -0.05) is 84.4 Å². The van der Waals surface area contributed by atoms with Gasteiger partial charge in [0.1, 0.15) is 0 Å². The van der Waals surface area contributed by atoms with Gasteiger partial charge < -0.3 is 0 Å². The molecule has 4 aromatic rings. The minimum absolute atomic E-state index is 0.189. The van der Waals surface area contributed by atoms with Crippen LogP contribution in [0.5, 0.6) is 0 Å². The van der Waals surface area contributed by atoms with Crippen LogP contribution in [0.2, 0.25) is 0 Å². The molecule has 0 radical (unpaired) electrons. The first-order valence-electron chi connectivity index (χ1n) is 9.34. The summed E-state index contributed by atoms with van der Waals surface area (Å²) in [5.41, 5.74) is 6.41. The van der Waals surface area contributed by atoms with Crippen LogP contribution in [0.15, 0.2) is 90.3 Å². The van der Waals surface area contributed by atoms with Crippen molar-refractivity contribution in [3.63, 3.8) is 0 Å². The Bertz CT molecular complexity index is 1130. The van der Waals surface area contributed by atoms with Crippen molar-refractivity contribution in [3.8, 4) is 22.4 Å². The third-order valence-corrected chi connectivity index (χ3v) is 5.28. The number of rotatable bonds is 5. The minimum atomic E-state index is -0.189. The summed E-state index contributed by atoms with van der Waals surface area (Å²) in [6.07, 6.45) is 3.33. The Morgan fingerprint density at radius 3 is 2.24 bits per heavy atom. The van der Waals surface area contributed by atoms with Crippen LogP contribution in [0.3, 0.4) is 0 Å². The second-order valence-electron chi connectivity index (χ2n) is 6.71. The molecule has 3 aromatic carbocycles. The molecule has 4 rings (SSSR count). The maximum Gasteiger partial charge on any atom is 0.250 e. The Morgan fingerprint density at radius 1 is 0.862 bits per heavy atom. The largest absolute Gasteiger partial charge is 0.298 e. The lowest BCUT2D eigenvalue weighted by atomic mass is 10.0. The summed E-state index contributed by atoms with van der Waals surface area (Å²) in [6, 6.07) is 26.6. The zero-order chi connectivity index (χ0) is 20.1. The van der Waals surface area contributed by atoms with Crippen molar-refractivity contribution in [3.05, 3.63) is 101 Å². The van der Waals surface area contributed by atoms with Gasteiger partial charge in [0.05, 0.1) is 5.69 Å². The van der Waals surface area contributed by atoms with Crippen molar-refractivity contribution in [1.82, 2.24) is 4.98 Å². The van der Waals surface area contributed by atoms with E-state index in [4.69, 9.17) is 0 Å². The van der Waals surface area contributed by atoms with Crippen LogP contribution >= 0.6 is 11.3 Å². The maximum absolute atomic E-state index is 12.2. The molecule has 0 unspecified atom stereocenters. The molecule has 0 spiro atoms. The summed E-state index contributed by atoms with van der Waals surface area (Å²) in [5.74, 6) is -0.189. The molecule has 142 valence electrons. The van der Waals surface area contributed by atoms with E-state index in [0.717, 1.165) is 16.8 Å². The summed E-state index contributed by atoms with van der Waals surface area (Å²) in [5, 5.41) is 5.38. The molecule has 1 aromatic heterocycles. The van der Waals surface area contributed by atoms with E-state index in [0.29, 0.717) is 5.13 Å². The molecule has 29 heavy (non-hydrogen) atoms. The topological polar surface area (TPSA) is 42.0 Å². The molecular formula is C25H20N2OS. The first-order valence-corrected chi connectivity index (χ1v) is 10.2. The van der Waals surface area contributed by atoms with Gasteiger partial charge in [-0.15, -0.1) is 11.3 Å². The van der Waals surface area contributed by atoms with E-state index < -0.39 is 0 Å². The molecule has 3 nitrogen and oxygen atoms in total. The number of aromatic nitrogens is 1. The van der Waals surface area contributed by atoms with Crippen molar-refractivity contribution >= 4 is 28.5 Å². The van der Waals surface area contributed by atoms with E-state index in [1.54, 1.807) is 6.08 Å². The second kappa shape index (κ2) is 8.67. The number of benzene rings is 3. The first kappa shape index (κ1) is 18.8. The van der Waals surface area contributed by atoms with Crippen LogP contribution in [0.25, 0.3) is 28.5 Å². The Hall–Kier alpha value is -3.50. The van der Waals surface area contributed by atoms with Crippen molar-refractivity contribution in [2.24, 2.45) is 0 Å². The molecule has 1 amide bonds. The molecule has 0 bridgehead atoms. The third-order valence-electron chi connectivity index (χ3n) is 4.53. The van der Waals surface area contributed by atoms with Gasteiger partial charge in [0, 0.05) is 17.0 Å². The molecule has 0 aliphatic heterocycles. The molecule has 4 heteroatoms. The van der Waals surface area contributed by atoms with Crippen molar-refractivity contribution in [2.75, 3.05) is 5.32 Å². The van der Waals surface area contributed by atoms with Gasteiger partial charge in [0.15, 0.2) is 5.13 Å². The van der Waals surface area contributed by atoms with Crippen LogP contribution in [-0.4, -0.2) is 10.9 Å². The highest BCUT2D eigenvalue weighted by Gasteiger charge is 2.07.